The summed E-state index contributed by atoms with van der Waals surface area (Å²) in [5.74, 6) is -0.967. The monoisotopic (exact) mass is 281 g/mol. The van der Waals surface area contributed by atoms with Gasteiger partial charge in [0.1, 0.15) is 0 Å². The van der Waals surface area contributed by atoms with E-state index in [2.05, 4.69) is 5.32 Å². The predicted molar refractivity (Wildman–Crippen MR) is 61.4 cm³/mol. The van der Waals surface area contributed by atoms with E-state index in [9.17, 15) is 18.0 Å². The molecule has 1 aromatic rings. The highest BCUT2D eigenvalue weighted by Crippen LogP contribution is 2.33. The molecule has 2 N–H and O–H groups in total. The van der Waals surface area contributed by atoms with Crippen molar-refractivity contribution >= 4 is 23.2 Å². The number of carbonyl (C=O) groups is 1. The van der Waals surface area contributed by atoms with Crippen LogP contribution in [0.1, 0.15) is 13.3 Å². The van der Waals surface area contributed by atoms with Crippen LogP contribution < -0.4 is 5.32 Å². The molecule has 0 aromatic heterocycles. The van der Waals surface area contributed by atoms with Crippen molar-refractivity contribution in [3.63, 3.8) is 0 Å². The summed E-state index contributed by atoms with van der Waals surface area (Å²) >= 11 is 5.73. The van der Waals surface area contributed by atoms with Crippen LogP contribution in [-0.4, -0.2) is 22.8 Å². The maximum Gasteiger partial charge on any atom is 0.417 e. The number of hydrogen-bond donors (Lipinski definition) is 2. The Bertz CT molecular complexity index is 446. The fraction of sp³-hybridized carbons (Fsp3) is 0.364. The van der Waals surface area contributed by atoms with Crippen molar-refractivity contribution in [3.8, 4) is 0 Å². The third kappa shape index (κ3) is 3.61. The molecule has 18 heavy (non-hydrogen) atoms. The summed E-state index contributed by atoms with van der Waals surface area (Å²) in [5.41, 5.74) is -2.87. The lowest BCUT2D eigenvalue weighted by molar-refractivity contribution is -0.252. The first-order chi connectivity index (χ1) is 8.13. The Morgan fingerprint density at radius 2 is 1.94 bits per heavy atom. The maximum absolute atomic E-state index is 12.4. The first-order valence-electron chi connectivity index (χ1n) is 4.97. The number of amides is 1. The van der Waals surface area contributed by atoms with Crippen molar-refractivity contribution in [2.45, 2.75) is 25.1 Å². The van der Waals surface area contributed by atoms with Gasteiger partial charge >= 0.3 is 6.18 Å². The zero-order valence-electron chi connectivity index (χ0n) is 9.38. The quantitative estimate of drug-likeness (QED) is 0.895. The zero-order chi connectivity index (χ0) is 14.0. The van der Waals surface area contributed by atoms with Crippen LogP contribution in [0.25, 0.3) is 0 Å². The molecule has 0 fully saturated rings. The van der Waals surface area contributed by atoms with Crippen molar-refractivity contribution in [3.05, 3.63) is 29.3 Å². The SMILES string of the molecule is C[C@@](O)(CC(=O)Nc1ccccc1Cl)C(F)(F)F. The molecule has 0 aliphatic rings. The molecule has 0 saturated heterocycles. The van der Waals surface area contributed by atoms with Crippen molar-refractivity contribution in [2.75, 3.05) is 5.32 Å². The molecule has 0 aliphatic carbocycles. The molecule has 0 bridgehead atoms. The van der Waals surface area contributed by atoms with Gasteiger partial charge < -0.3 is 10.4 Å². The lowest BCUT2D eigenvalue weighted by atomic mass is 10.0. The summed E-state index contributed by atoms with van der Waals surface area (Å²) in [7, 11) is 0. The number of hydrogen-bond acceptors (Lipinski definition) is 2. The molecule has 0 spiro atoms. The Morgan fingerprint density at radius 3 is 2.44 bits per heavy atom. The van der Waals surface area contributed by atoms with Gasteiger partial charge in [0.2, 0.25) is 5.91 Å². The molecule has 0 aliphatic heterocycles. The molecule has 0 unspecified atom stereocenters. The van der Waals surface area contributed by atoms with Gasteiger partial charge in [-0.25, -0.2) is 0 Å². The topological polar surface area (TPSA) is 49.3 Å². The Morgan fingerprint density at radius 1 is 1.39 bits per heavy atom. The lowest BCUT2D eigenvalue weighted by Gasteiger charge is -2.25. The van der Waals surface area contributed by atoms with Crippen molar-refractivity contribution < 1.29 is 23.1 Å². The highest BCUT2D eigenvalue weighted by atomic mass is 35.5. The van der Waals surface area contributed by atoms with Gasteiger partial charge in [-0.05, 0) is 19.1 Å². The number of nitrogens with one attached hydrogen (secondary N) is 1. The van der Waals surface area contributed by atoms with Gasteiger partial charge in [-0.3, -0.25) is 4.79 Å². The molecular formula is C11H11ClF3NO2. The van der Waals surface area contributed by atoms with Gasteiger partial charge in [-0.15, -0.1) is 0 Å². The molecule has 1 amide bonds. The Kier molecular flexibility index (Phi) is 4.24. The number of alkyl halides is 3. The smallest absolute Gasteiger partial charge is 0.380 e. The fourth-order valence-corrected chi connectivity index (χ4v) is 1.35. The van der Waals surface area contributed by atoms with Gasteiger partial charge in [0.25, 0.3) is 0 Å². The Hall–Kier alpha value is -1.27. The number of anilines is 1. The van der Waals surface area contributed by atoms with E-state index >= 15 is 0 Å². The molecule has 1 aromatic carbocycles. The maximum atomic E-state index is 12.4. The molecule has 1 atom stereocenters. The lowest BCUT2D eigenvalue weighted by Crippen LogP contribution is -2.44. The van der Waals surface area contributed by atoms with Crippen LogP contribution in [-0.2, 0) is 4.79 Å². The van der Waals surface area contributed by atoms with Gasteiger partial charge in [0, 0.05) is 0 Å². The van der Waals surface area contributed by atoms with Gasteiger partial charge in [-0.2, -0.15) is 13.2 Å². The Balaban J connectivity index is 2.72. The van der Waals surface area contributed by atoms with E-state index in [-0.39, 0.29) is 10.7 Å². The number of benzene rings is 1. The van der Waals surface area contributed by atoms with Crippen LogP contribution in [0.15, 0.2) is 24.3 Å². The fourth-order valence-electron chi connectivity index (χ4n) is 1.17. The second kappa shape index (κ2) is 5.16. The zero-order valence-corrected chi connectivity index (χ0v) is 10.1. The number of aliphatic hydroxyl groups is 1. The van der Waals surface area contributed by atoms with Crippen molar-refractivity contribution in [1.29, 1.82) is 0 Å². The minimum absolute atomic E-state index is 0.196. The number of para-hydroxylation sites is 1. The second-order valence-electron chi connectivity index (χ2n) is 3.98. The summed E-state index contributed by atoms with van der Waals surface area (Å²) in [6, 6.07) is 6.12. The predicted octanol–water partition coefficient (Wildman–Crippen LogP) is 2.98. The average Bonchev–Trinajstić information content (AvgIpc) is 2.19. The van der Waals surface area contributed by atoms with Gasteiger partial charge in [-0.1, -0.05) is 23.7 Å². The van der Waals surface area contributed by atoms with Crippen LogP contribution in [0.2, 0.25) is 5.02 Å². The van der Waals surface area contributed by atoms with E-state index in [0.29, 0.717) is 6.92 Å². The van der Waals surface area contributed by atoms with Crippen LogP contribution in [0.4, 0.5) is 18.9 Å². The number of rotatable bonds is 3. The third-order valence-electron chi connectivity index (χ3n) is 2.26. The van der Waals surface area contributed by atoms with E-state index < -0.39 is 24.1 Å². The number of halogens is 4. The summed E-state index contributed by atoms with van der Waals surface area (Å²) < 4.78 is 37.1. The summed E-state index contributed by atoms with van der Waals surface area (Å²) in [6.07, 6.45) is -5.97. The molecule has 1 rings (SSSR count). The highest BCUT2D eigenvalue weighted by Gasteiger charge is 2.50. The molecular weight excluding hydrogens is 271 g/mol. The molecule has 100 valence electrons. The minimum atomic E-state index is -4.87. The van der Waals surface area contributed by atoms with E-state index in [1.807, 2.05) is 0 Å². The molecule has 3 nitrogen and oxygen atoms in total. The van der Waals surface area contributed by atoms with E-state index in [0.717, 1.165) is 0 Å². The van der Waals surface area contributed by atoms with E-state index in [4.69, 9.17) is 16.7 Å². The number of carbonyl (C=O) groups excluding carboxylic acids is 1. The van der Waals surface area contributed by atoms with Gasteiger partial charge in [0.15, 0.2) is 5.60 Å². The summed E-state index contributed by atoms with van der Waals surface area (Å²) in [4.78, 5) is 11.4. The van der Waals surface area contributed by atoms with Crippen LogP contribution in [0.5, 0.6) is 0 Å². The van der Waals surface area contributed by atoms with Crippen LogP contribution in [0.3, 0.4) is 0 Å². The normalized spacial score (nSPS) is 15.0. The molecule has 7 heteroatoms. The highest BCUT2D eigenvalue weighted by molar-refractivity contribution is 6.33. The minimum Gasteiger partial charge on any atom is -0.380 e. The standard InChI is InChI=1S/C11H11ClF3NO2/c1-10(18,11(13,14)15)6-9(17)16-8-5-3-2-4-7(8)12/h2-5,18H,6H2,1H3,(H,16,17)/t10-/m1/s1. The summed E-state index contributed by atoms with van der Waals surface area (Å²) in [6.45, 7) is 0.541. The summed E-state index contributed by atoms with van der Waals surface area (Å²) in [5, 5.41) is 11.6. The Labute approximate surface area is 107 Å². The second-order valence-corrected chi connectivity index (χ2v) is 4.38. The van der Waals surface area contributed by atoms with Crippen LogP contribution >= 0.6 is 11.6 Å². The van der Waals surface area contributed by atoms with E-state index in [1.165, 1.54) is 12.1 Å². The van der Waals surface area contributed by atoms with Gasteiger partial charge in [0.05, 0.1) is 17.1 Å². The average molecular weight is 282 g/mol. The van der Waals surface area contributed by atoms with Crippen molar-refractivity contribution in [2.24, 2.45) is 0 Å². The van der Waals surface area contributed by atoms with E-state index in [1.54, 1.807) is 12.1 Å². The first kappa shape index (κ1) is 14.8. The molecule has 0 radical (unpaired) electrons. The van der Waals surface area contributed by atoms with Crippen molar-refractivity contribution in [1.82, 2.24) is 0 Å². The van der Waals surface area contributed by atoms with Crippen LogP contribution in [0, 0.1) is 0 Å². The largest absolute Gasteiger partial charge is 0.417 e. The third-order valence-corrected chi connectivity index (χ3v) is 2.59. The molecule has 0 heterocycles. The first-order valence-corrected chi connectivity index (χ1v) is 5.35. The molecule has 0 saturated carbocycles.